The zero-order valence-electron chi connectivity index (χ0n) is 18.9. The molecule has 1 fully saturated rings. The Hall–Kier alpha value is -4.06. The molecule has 2 aliphatic rings. The number of amides is 2. The van der Waals surface area contributed by atoms with E-state index in [1.165, 1.54) is 0 Å². The van der Waals surface area contributed by atoms with E-state index >= 15 is 0 Å². The molecule has 2 aliphatic heterocycles. The van der Waals surface area contributed by atoms with Gasteiger partial charge < -0.3 is 19.5 Å². The van der Waals surface area contributed by atoms with Crippen molar-refractivity contribution in [3.05, 3.63) is 101 Å². The van der Waals surface area contributed by atoms with Gasteiger partial charge in [0.1, 0.15) is 18.3 Å². The number of aromatic nitrogens is 1. The molecule has 0 spiro atoms. The highest BCUT2D eigenvalue weighted by molar-refractivity contribution is 5.97. The molecule has 1 saturated heterocycles. The van der Waals surface area contributed by atoms with Crippen molar-refractivity contribution in [3.63, 3.8) is 0 Å². The zero-order valence-corrected chi connectivity index (χ0v) is 18.9. The fourth-order valence-electron chi connectivity index (χ4n) is 5.39. The molecule has 3 heterocycles. The smallest absolute Gasteiger partial charge is 0.246 e. The summed E-state index contributed by atoms with van der Waals surface area (Å²) >= 11 is 0. The van der Waals surface area contributed by atoms with Crippen LogP contribution in [0, 0.1) is 0 Å². The Labute approximate surface area is 197 Å². The topological polar surface area (TPSA) is 65.6 Å². The van der Waals surface area contributed by atoms with Gasteiger partial charge in [0.2, 0.25) is 11.8 Å². The molecule has 0 radical (unpaired) electrons. The number of para-hydroxylation sites is 1. The number of carbonyl (C=O) groups excluding carboxylic acids is 2. The van der Waals surface area contributed by atoms with Gasteiger partial charge in [-0.3, -0.25) is 9.59 Å². The second kappa shape index (κ2) is 8.06. The number of methoxy groups -OCH3 is 1. The molecule has 0 saturated carbocycles. The lowest BCUT2D eigenvalue weighted by Crippen LogP contribution is -2.62. The first kappa shape index (κ1) is 20.5. The summed E-state index contributed by atoms with van der Waals surface area (Å²) < 4.78 is 5.24. The molecular formula is C28H25N3O3. The maximum absolute atomic E-state index is 13.8. The second-order valence-corrected chi connectivity index (χ2v) is 8.94. The Morgan fingerprint density at radius 3 is 2.44 bits per heavy atom. The maximum Gasteiger partial charge on any atom is 0.246 e. The Bertz CT molecular complexity index is 1380. The van der Waals surface area contributed by atoms with Gasteiger partial charge in [0.15, 0.2) is 0 Å². The number of nitrogens with zero attached hydrogens (tertiary/aromatic N) is 2. The van der Waals surface area contributed by atoms with Crippen LogP contribution in [0.5, 0.6) is 5.75 Å². The first-order valence-corrected chi connectivity index (χ1v) is 11.5. The fraction of sp³-hybridized carbons (Fsp3) is 0.214. The minimum absolute atomic E-state index is 0.00715. The molecule has 0 bridgehead atoms. The largest absolute Gasteiger partial charge is 0.497 e. The van der Waals surface area contributed by atoms with Gasteiger partial charge in [-0.2, -0.15) is 0 Å². The molecule has 0 aliphatic carbocycles. The van der Waals surface area contributed by atoms with E-state index in [0.29, 0.717) is 13.0 Å². The maximum atomic E-state index is 13.8. The van der Waals surface area contributed by atoms with Crippen LogP contribution in [0.3, 0.4) is 0 Å². The van der Waals surface area contributed by atoms with E-state index in [1.54, 1.807) is 16.9 Å². The fourth-order valence-corrected chi connectivity index (χ4v) is 5.39. The van der Waals surface area contributed by atoms with Crippen LogP contribution in [0.15, 0.2) is 78.9 Å². The van der Waals surface area contributed by atoms with Crippen LogP contribution >= 0.6 is 0 Å². The van der Waals surface area contributed by atoms with Gasteiger partial charge >= 0.3 is 0 Å². The van der Waals surface area contributed by atoms with E-state index in [2.05, 4.69) is 11.1 Å². The average molecular weight is 452 g/mol. The number of rotatable bonds is 4. The van der Waals surface area contributed by atoms with Crippen molar-refractivity contribution in [2.24, 2.45) is 0 Å². The molecule has 2 atom stereocenters. The molecule has 34 heavy (non-hydrogen) atoms. The lowest BCUT2D eigenvalue weighted by atomic mass is 9.86. The molecule has 6 rings (SSSR count). The van der Waals surface area contributed by atoms with E-state index in [-0.39, 0.29) is 24.4 Å². The lowest BCUT2D eigenvalue weighted by Gasteiger charge is -2.47. The van der Waals surface area contributed by atoms with E-state index in [4.69, 9.17) is 4.74 Å². The summed E-state index contributed by atoms with van der Waals surface area (Å²) in [7, 11) is 1.63. The zero-order chi connectivity index (χ0) is 23.2. The van der Waals surface area contributed by atoms with Gasteiger partial charge in [-0.05, 0) is 34.9 Å². The third-order valence-corrected chi connectivity index (χ3v) is 6.99. The van der Waals surface area contributed by atoms with E-state index in [0.717, 1.165) is 39.0 Å². The predicted octanol–water partition coefficient (Wildman–Crippen LogP) is 4.06. The molecule has 6 nitrogen and oxygen atoms in total. The molecule has 1 aromatic heterocycles. The molecule has 6 heteroatoms. The van der Waals surface area contributed by atoms with Crippen molar-refractivity contribution < 1.29 is 14.3 Å². The van der Waals surface area contributed by atoms with Crippen LogP contribution in [0.2, 0.25) is 0 Å². The number of hydrogen-bond donors (Lipinski definition) is 1. The average Bonchev–Trinajstić information content (AvgIpc) is 3.25. The quantitative estimate of drug-likeness (QED) is 0.509. The second-order valence-electron chi connectivity index (χ2n) is 8.94. The summed E-state index contributed by atoms with van der Waals surface area (Å²) in [4.78, 5) is 34.4. The van der Waals surface area contributed by atoms with Crippen LogP contribution < -0.4 is 4.74 Å². The van der Waals surface area contributed by atoms with Gasteiger partial charge in [0.25, 0.3) is 0 Å². The highest BCUT2D eigenvalue weighted by Gasteiger charge is 2.48. The highest BCUT2D eigenvalue weighted by Crippen LogP contribution is 2.42. The molecule has 2 amide bonds. The third kappa shape index (κ3) is 3.25. The van der Waals surface area contributed by atoms with Crippen molar-refractivity contribution in [3.8, 4) is 5.75 Å². The van der Waals surface area contributed by atoms with Crippen LogP contribution in [-0.4, -0.2) is 46.3 Å². The number of carbonyl (C=O) groups is 2. The van der Waals surface area contributed by atoms with E-state index in [9.17, 15) is 9.59 Å². The Morgan fingerprint density at radius 2 is 1.68 bits per heavy atom. The number of H-pyrrole nitrogens is 1. The first-order chi connectivity index (χ1) is 16.6. The summed E-state index contributed by atoms with van der Waals surface area (Å²) in [5.74, 6) is 0.726. The number of ether oxygens (including phenoxy) is 1. The number of nitrogens with one attached hydrogen (secondary N) is 1. The number of benzene rings is 3. The minimum Gasteiger partial charge on any atom is -0.497 e. The molecule has 4 aromatic rings. The SMILES string of the molecule is COc1ccc(CN2CC(=O)N3[C@H](c4ccccc4)c4[nH]c5ccccc5c4C[C@H]3C2=O)cc1. The van der Waals surface area contributed by atoms with Gasteiger partial charge in [0.05, 0.1) is 13.2 Å². The molecule has 170 valence electrons. The first-order valence-electron chi connectivity index (χ1n) is 11.5. The number of fused-ring (bicyclic) bond motifs is 4. The lowest BCUT2D eigenvalue weighted by molar-refractivity contribution is -0.159. The van der Waals surface area contributed by atoms with Crippen LogP contribution in [0.25, 0.3) is 10.9 Å². The summed E-state index contributed by atoms with van der Waals surface area (Å²) in [6.45, 7) is 0.468. The van der Waals surface area contributed by atoms with Gasteiger partial charge in [-0.25, -0.2) is 0 Å². The van der Waals surface area contributed by atoms with Crippen molar-refractivity contribution in [1.82, 2.24) is 14.8 Å². The Morgan fingerprint density at radius 1 is 0.941 bits per heavy atom. The number of piperazine rings is 1. The molecular weight excluding hydrogens is 426 g/mol. The summed E-state index contributed by atoms with van der Waals surface area (Å²) in [6.07, 6.45) is 0.506. The van der Waals surface area contributed by atoms with E-state index in [1.807, 2.05) is 72.8 Å². The Kier molecular flexibility index (Phi) is 4.87. The predicted molar refractivity (Wildman–Crippen MR) is 129 cm³/mol. The highest BCUT2D eigenvalue weighted by atomic mass is 16.5. The Balaban J connectivity index is 1.41. The molecule has 0 unspecified atom stereocenters. The molecule has 3 aromatic carbocycles. The van der Waals surface area contributed by atoms with Crippen molar-refractivity contribution in [2.75, 3.05) is 13.7 Å². The van der Waals surface area contributed by atoms with Gasteiger partial charge in [0, 0.05) is 29.6 Å². The third-order valence-electron chi connectivity index (χ3n) is 6.99. The van der Waals surface area contributed by atoms with Gasteiger partial charge in [-0.1, -0.05) is 60.7 Å². The standard InChI is InChI=1S/C28H25N3O3/c1-34-20-13-11-18(12-14-20)16-30-17-25(32)31-24(28(30)33)15-22-21-9-5-6-10-23(21)29-26(22)27(31)19-7-3-2-4-8-19/h2-14,24,27,29H,15-17H2,1H3/t24-,27+/m0/s1. The van der Waals surface area contributed by atoms with Crippen LogP contribution in [0.4, 0.5) is 0 Å². The van der Waals surface area contributed by atoms with E-state index < -0.39 is 6.04 Å². The summed E-state index contributed by atoms with van der Waals surface area (Å²) in [5.41, 5.74) is 5.14. The summed E-state index contributed by atoms with van der Waals surface area (Å²) in [6, 6.07) is 24.9. The number of aromatic amines is 1. The summed E-state index contributed by atoms with van der Waals surface area (Å²) in [5, 5.41) is 1.12. The van der Waals surface area contributed by atoms with Crippen molar-refractivity contribution in [2.45, 2.75) is 25.0 Å². The minimum atomic E-state index is -0.531. The molecule has 1 N–H and O–H groups in total. The number of hydrogen-bond acceptors (Lipinski definition) is 3. The van der Waals surface area contributed by atoms with Gasteiger partial charge in [-0.15, -0.1) is 0 Å². The van der Waals surface area contributed by atoms with Crippen LogP contribution in [-0.2, 0) is 22.6 Å². The van der Waals surface area contributed by atoms with Crippen molar-refractivity contribution in [1.29, 1.82) is 0 Å². The van der Waals surface area contributed by atoms with Crippen molar-refractivity contribution >= 4 is 22.7 Å². The van der Waals surface area contributed by atoms with Crippen LogP contribution in [0.1, 0.15) is 28.4 Å². The normalized spacial score (nSPS) is 19.8. The monoisotopic (exact) mass is 451 g/mol.